The number of likely N-dealkylation sites (tertiary alicyclic amines) is 2. The fraction of sp³-hybridized carbons (Fsp3) is 0.652. The first-order valence-electron chi connectivity index (χ1n) is 10.6. The van der Waals surface area contributed by atoms with Crippen molar-refractivity contribution >= 4 is 11.8 Å². The number of rotatable bonds is 4. The lowest BCUT2D eigenvalue weighted by molar-refractivity contribution is -0.145. The number of methoxy groups -OCH3 is 2. The SMILES string of the molecule is COc1ccc(OC)c(C2CCCN2C(=O)C2CCN(C(=O)C(C)(C)C)CC2)c1. The van der Waals surface area contributed by atoms with Crippen LogP contribution >= 0.6 is 0 Å². The molecule has 0 saturated carbocycles. The molecule has 2 aliphatic rings. The van der Waals surface area contributed by atoms with Crippen LogP contribution in [0.4, 0.5) is 0 Å². The standard InChI is InChI=1S/C23H34N2O4/c1-23(2,3)22(27)24-13-10-16(11-14-24)21(26)25-12-6-7-19(25)18-15-17(28-4)8-9-20(18)29-5/h8-9,15-16,19H,6-7,10-14H2,1-5H3. The predicted octanol–water partition coefficient (Wildman–Crippen LogP) is 3.65. The Morgan fingerprint density at radius 1 is 1.00 bits per heavy atom. The number of nitrogens with zero attached hydrogens (tertiary/aromatic N) is 2. The lowest BCUT2D eigenvalue weighted by atomic mass is 9.90. The second kappa shape index (κ2) is 8.64. The number of benzene rings is 1. The van der Waals surface area contributed by atoms with Crippen molar-refractivity contribution in [2.24, 2.45) is 11.3 Å². The Morgan fingerprint density at radius 2 is 1.69 bits per heavy atom. The maximum Gasteiger partial charge on any atom is 0.227 e. The Morgan fingerprint density at radius 3 is 2.28 bits per heavy atom. The zero-order valence-electron chi connectivity index (χ0n) is 18.4. The van der Waals surface area contributed by atoms with E-state index < -0.39 is 0 Å². The minimum atomic E-state index is -0.375. The molecule has 0 spiro atoms. The molecule has 0 N–H and O–H groups in total. The summed E-state index contributed by atoms with van der Waals surface area (Å²) in [6.07, 6.45) is 3.38. The Hall–Kier alpha value is -2.24. The maximum absolute atomic E-state index is 13.4. The number of ether oxygens (including phenoxy) is 2. The van der Waals surface area contributed by atoms with Crippen LogP contribution in [0, 0.1) is 11.3 Å². The molecule has 0 aliphatic carbocycles. The molecular weight excluding hydrogens is 368 g/mol. The van der Waals surface area contributed by atoms with Gasteiger partial charge in [-0.3, -0.25) is 9.59 Å². The Bertz CT molecular complexity index is 748. The van der Waals surface area contributed by atoms with Crippen LogP contribution in [0.3, 0.4) is 0 Å². The monoisotopic (exact) mass is 402 g/mol. The number of hydrogen-bond acceptors (Lipinski definition) is 4. The van der Waals surface area contributed by atoms with Gasteiger partial charge in [0.05, 0.1) is 20.3 Å². The van der Waals surface area contributed by atoms with Crippen molar-refractivity contribution in [2.75, 3.05) is 33.9 Å². The van der Waals surface area contributed by atoms with Gasteiger partial charge in [0.2, 0.25) is 11.8 Å². The maximum atomic E-state index is 13.4. The topological polar surface area (TPSA) is 59.1 Å². The summed E-state index contributed by atoms with van der Waals surface area (Å²) in [5, 5.41) is 0. The lowest BCUT2D eigenvalue weighted by Gasteiger charge is -2.37. The van der Waals surface area contributed by atoms with E-state index in [1.807, 2.05) is 48.8 Å². The first-order valence-corrected chi connectivity index (χ1v) is 10.6. The number of carbonyl (C=O) groups is 2. The number of piperidine rings is 1. The summed E-state index contributed by atoms with van der Waals surface area (Å²) in [4.78, 5) is 29.8. The third kappa shape index (κ3) is 4.51. The molecule has 1 aromatic carbocycles. The highest BCUT2D eigenvalue weighted by atomic mass is 16.5. The first kappa shape index (κ1) is 21.5. The van der Waals surface area contributed by atoms with Gasteiger partial charge in [0.25, 0.3) is 0 Å². The van der Waals surface area contributed by atoms with Crippen molar-refractivity contribution in [1.29, 1.82) is 0 Å². The minimum Gasteiger partial charge on any atom is -0.497 e. The highest BCUT2D eigenvalue weighted by Crippen LogP contribution is 2.40. The summed E-state index contributed by atoms with van der Waals surface area (Å²) in [7, 11) is 3.31. The summed E-state index contributed by atoms with van der Waals surface area (Å²) in [6, 6.07) is 5.79. The zero-order chi connectivity index (χ0) is 21.2. The molecule has 1 aromatic rings. The highest BCUT2D eigenvalue weighted by Gasteiger charge is 2.38. The van der Waals surface area contributed by atoms with Gasteiger partial charge < -0.3 is 19.3 Å². The van der Waals surface area contributed by atoms with E-state index in [1.54, 1.807) is 14.2 Å². The molecule has 29 heavy (non-hydrogen) atoms. The van der Waals surface area contributed by atoms with Gasteiger partial charge in [-0.15, -0.1) is 0 Å². The fourth-order valence-electron chi connectivity index (χ4n) is 4.49. The Balaban J connectivity index is 1.71. The molecule has 1 atom stereocenters. The molecule has 2 heterocycles. The van der Waals surface area contributed by atoms with E-state index in [1.165, 1.54) is 0 Å². The molecule has 0 aromatic heterocycles. The summed E-state index contributed by atoms with van der Waals surface area (Å²) in [6.45, 7) is 7.93. The smallest absolute Gasteiger partial charge is 0.227 e. The molecule has 6 nitrogen and oxygen atoms in total. The second-order valence-electron chi connectivity index (χ2n) is 9.11. The molecule has 0 bridgehead atoms. The predicted molar refractivity (Wildman–Crippen MR) is 112 cm³/mol. The average molecular weight is 403 g/mol. The van der Waals surface area contributed by atoms with Crippen molar-refractivity contribution < 1.29 is 19.1 Å². The minimum absolute atomic E-state index is 0.0155. The molecule has 2 aliphatic heterocycles. The van der Waals surface area contributed by atoms with E-state index in [9.17, 15) is 9.59 Å². The van der Waals surface area contributed by atoms with E-state index in [-0.39, 0.29) is 29.2 Å². The van der Waals surface area contributed by atoms with E-state index in [2.05, 4.69) is 0 Å². The summed E-state index contributed by atoms with van der Waals surface area (Å²) in [5.41, 5.74) is 0.637. The van der Waals surface area contributed by atoms with Crippen LogP contribution in [0.5, 0.6) is 11.5 Å². The summed E-state index contributed by atoms with van der Waals surface area (Å²) in [5.74, 6) is 1.93. The molecule has 2 fully saturated rings. The molecule has 3 rings (SSSR count). The van der Waals surface area contributed by atoms with Crippen molar-refractivity contribution in [3.8, 4) is 11.5 Å². The normalized spacial score (nSPS) is 20.7. The second-order valence-corrected chi connectivity index (χ2v) is 9.11. The van der Waals surface area contributed by atoms with Crippen LogP contribution in [0.25, 0.3) is 0 Å². The third-order valence-electron chi connectivity index (χ3n) is 6.10. The van der Waals surface area contributed by atoms with Crippen LogP contribution in [0.2, 0.25) is 0 Å². The Kier molecular flexibility index (Phi) is 6.39. The molecule has 1 unspecified atom stereocenters. The lowest BCUT2D eigenvalue weighted by Crippen LogP contribution is -2.47. The van der Waals surface area contributed by atoms with Gasteiger partial charge in [0.1, 0.15) is 11.5 Å². The van der Waals surface area contributed by atoms with Gasteiger partial charge >= 0.3 is 0 Å². The molecule has 160 valence electrons. The van der Waals surface area contributed by atoms with E-state index >= 15 is 0 Å². The van der Waals surface area contributed by atoms with Gasteiger partial charge in [-0.2, -0.15) is 0 Å². The highest BCUT2D eigenvalue weighted by molar-refractivity contribution is 5.83. The average Bonchev–Trinajstić information content (AvgIpc) is 3.21. The van der Waals surface area contributed by atoms with E-state index in [0.717, 1.165) is 49.3 Å². The van der Waals surface area contributed by atoms with Crippen molar-refractivity contribution in [1.82, 2.24) is 9.80 Å². The summed E-state index contributed by atoms with van der Waals surface area (Å²) >= 11 is 0. The van der Waals surface area contributed by atoms with Gasteiger partial charge in [0, 0.05) is 36.5 Å². The van der Waals surface area contributed by atoms with Gasteiger partial charge in [0.15, 0.2) is 0 Å². The molecule has 2 amide bonds. The largest absolute Gasteiger partial charge is 0.497 e. The van der Waals surface area contributed by atoms with Crippen LogP contribution in [-0.2, 0) is 9.59 Å². The van der Waals surface area contributed by atoms with Crippen molar-refractivity contribution in [3.63, 3.8) is 0 Å². The van der Waals surface area contributed by atoms with Crippen LogP contribution in [0.1, 0.15) is 58.1 Å². The van der Waals surface area contributed by atoms with E-state index in [4.69, 9.17) is 9.47 Å². The quantitative estimate of drug-likeness (QED) is 0.771. The number of hydrogen-bond donors (Lipinski definition) is 0. The van der Waals surface area contributed by atoms with Crippen LogP contribution < -0.4 is 9.47 Å². The van der Waals surface area contributed by atoms with Gasteiger partial charge in [-0.05, 0) is 43.9 Å². The van der Waals surface area contributed by atoms with E-state index in [0.29, 0.717) is 13.1 Å². The molecular formula is C23H34N2O4. The van der Waals surface area contributed by atoms with Crippen LogP contribution in [0.15, 0.2) is 18.2 Å². The first-order chi connectivity index (χ1) is 13.8. The molecule has 2 saturated heterocycles. The van der Waals surface area contributed by atoms with Gasteiger partial charge in [-0.1, -0.05) is 20.8 Å². The Labute approximate surface area is 174 Å². The molecule has 0 radical (unpaired) electrons. The zero-order valence-corrected chi connectivity index (χ0v) is 18.4. The third-order valence-corrected chi connectivity index (χ3v) is 6.10. The molecule has 6 heteroatoms. The number of amides is 2. The van der Waals surface area contributed by atoms with Crippen molar-refractivity contribution in [3.05, 3.63) is 23.8 Å². The van der Waals surface area contributed by atoms with Gasteiger partial charge in [-0.25, -0.2) is 0 Å². The summed E-state index contributed by atoms with van der Waals surface area (Å²) < 4.78 is 11.0. The number of carbonyl (C=O) groups excluding carboxylic acids is 2. The van der Waals surface area contributed by atoms with Crippen LogP contribution in [-0.4, -0.2) is 55.5 Å². The fourth-order valence-corrected chi connectivity index (χ4v) is 4.49. The van der Waals surface area contributed by atoms with Crippen molar-refractivity contribution in [2.45, 2.75) is 52.5 Å².